The van der Waals surface area contributed by atoms with E-state index in [9.17, 15) is 4.79 Å². The van der Waals surface area contributed by atoms with Crippen LogP contribution in [0.25, 0.3) is 10.7 Å². The Kier molecular flexibility index (Phi) is 5.33. The van der Waals surface area contributed by atoms with Crippen LogP contribution in [0.4, 0.5) is 0 Å². The molecule has 3 heterocycles. The second-order valence-electron chi connectivity index (χ2n) is 7.07. The van der Waals surface area contributed by atoms with Gasteiger partial charge in [0, 0.05) is 6.04 Å². The Morgan fingerprint density at radius 3 is 2.77 bits per heavy atom. The lowest BCUT2D eigenvalue weighted by Crippen LogP contribution is -3.14. The Morgan fingerprint density at radius 2 is 2.15 bits per heavy atom. The van der Waals surface area contributed by atoms with Crippen molar-refractivity contribution in [3.05, 3.63) is 17.5 Å². The first-order chi connectivity index (χ1) is 12.7. The minimum atomic E-state index is -0.129. The smallest absolute Gasteiger partial charge is 0.236 e. The maximum Gasteiger partial charge on any atom is 0.236 e. The molecule has 0 aromatic carbocycles. The van der Waals surface area contributed by atoms with E-state index in [1.807, 2.05) is 17.9 Å². The molecule has 1 atom stereocenters. The standard InChI is InChI=1S/C18H25N5OS2/c1-3-21-8-10-22(11-9-21)17(24)13(2)26-18-20-19-16(15-5-4-12-25-15)23(18)14-6-7-14/h4-5,12-14H,3,6-11H2,1-2H3/p+1/t13-/m0/s1. The Bertz CT molecular complexity index is 748. The lowest BCUT2D eigenvalue weighted by molar-refractivity contribution is -0.902. The van der Waals surface area contributed by atoms with Crippen molar-refractivity contribution in [3.8, 4) is 10.7 Å². The average Bonchev–Trinajstić information content (AvgIpc) is 3.19. The van der Waals surface area contributed by atoms with Crippen molar-refractivity contribution in [2.24, 2.45) is 0 Å². The van der Waals surface area contributed by atoms with Gasteiger partial charge in [-0.15, -0.1) is 21.5 Å². The highest BCUT2D eigenvalue weighted by atomic mass is 32.2. The van der Waals surface area contributed by atoms with Crippen LogP contribution >= 0.6 is 23.1 Å². The molecule has 0 unspecified atom stereocenters. The summed E-state index contributed by atoms with van der Waals surface area (Å²) in [5.41, 5.74) is 0. The number of thiophene rings is 1. The van der Waals surface area contributed by atoms with E-state index in [2.05, 4.69) is 33.1 Å². The van der Waals surface area contributed by atoms with Crippen LogP contribution in [0.2, 0.25) is 0 Å². The number of aromatic nitrogens is 3. The number of nitrogens with zero attached hydrogens (tertiary/aromatic N) is 4. The number of piperazine rings is 1. The molecular formula is C18H26N5OS2+. The summed E-state index contributed by atoms with van der Waals surface area (Å²) in [6, 6.07) is 4.62. The molecule has 2 aromatic heterocycles. The van der Waals surface area contributed by atoms with E-state index in [1.165, 1.54) is 12.8 Å². The zero-order valence-corrected chi connectivity index (χ0v) is 17.0. The molecule has 1 saturated heterocycles. The summed E-state index contributed by atoms with van der Waals surface area (Å²) in [6.07, 6.45) is 2.35. The van der Waals surface area contributed by atoms with Gasteiger partial charge in [0.25, 0.3) is 0 Å². The summed E-state index contributed by atoms with van der Waals surface area (Å²) in [7, 11) is 0. The first-order valence-corrected chi connectivity index (χ1v) is 11.2. The molecule has 1 N–H and O–H groups in total. The Balaban J connectivity index is 1.46. The van der Waals surface area contributed by atoms with Gasteiger partial charge in [0.15, 0.2) is 11.0 Å². The van der Waals surface area contributed by atoms with Crippen molar-refractivity contribution >= 4 is 29.0 Å². The van der Waals surface area contributed by atoms with E-state index in [-0.39, 0.29) is 11.2 Å². The number of nitrogens with one attached hydrogen (secondary N) is 1. The van der Waals surface area contributed by atoms with Crippen LogP contribution in [-0.2, 0) is 4.79 Å². The molecule has 0 bridgehead atoms. The molecule has 1 amide bonds. The number of thioether (sulfide) groups is 1. The molecule has 140 valence electrons. The highest BCUT2D eigenvalue weighted by Gasteiger charge is 2.33. The number of quaternary nitrogens is 1. The molecule has 2 fully saturated rings. The van der Waals surface area contributed by atoms with Gasteiger partial charge in [0.05, 0.1) is 42.9 Å². The van der Waals surface area contributed by atoms with E-state index in [0.29, 0.717) is 6.04 Å². The fourth-order valence-corrected chi connectivity index (χ4v) is 5.16. The molecule has 26 heavy (non-hydrogen) atoms. The average molecular weight is 393 g/mol. The van der Waals surface area contributed by atoms with Crippen LogP contribution in [-0.4, -0.2) is 63.5 Å². The predicted octanol–water partition coefficient (Wildman–Crippen LogP) is 1.57. The molecule has 1 aliphatic carbocycles. The van der Waals surface area contributed by atoms with Gasteiger partial charge >= 0.3 is 0 Å². The Morgan fingerprint density at radius 1 is 1.38 bits per heavy atom. The molecule has 0 radical (unpaired) electrons. The molecular weight excluding hydrogens is 366 g/mol. The summed E-state index contributed by atoms with van der Waals surface area (Å²) < 4.78 is 2.25. The van der Waals surface area contributed by atoms with Crippen molar-refractivity contribution in [2.45, 2.75) is 43.1 Å². The van der Waals surface area contributed by atoms with Crippen molar-refractivity contribution in [3.63, 3.8) is 0 Å². The topological polar surface area (TPSA) is 55.5 Å². The predicted molar refractivity (Wildman–Crippen MR) is 105 cm³/mol. The summed E-state index contributed by atoms with van der Waals surface area (Å²) in [5, 5.41) is 11.7. The van der Waals surface area contributed by atoms with Crippen molar-refractivity contribution in [1.82, 2.24) is 19.7 Å². The van der Waals surface area contributed by atoms with Crippen LogP contribution in [0.5, 0.6) is 0 Å². The van der Waals surface area contributed by atoms with Gasteiger partial charge in [0.2, 0.25) is 5.91 Å². The third-order valence-electron chi connectivity index (χ3n) is 5.23. The van der Waals surface area contributed by atoms with Gasteiger partial charge in [-0.25, -0.2) is 0 Å². The van der Waals surface area contributed by atoms with Gasteiger partial charge in [-0.2, -0.15) is 0 Å². The molecule has 6 nitrogen and oxygen atoms in total. The third kappa shape index (κ3) is 3.68. The monoisotopic (exact) mass is 392 g/mol. The van der Waals surface area contributed by atoms with E-state index < -0.39 is 0 Å². The molecule has 1 saturated carbocycles. The van der Waals surface area contributed by atoms with Crippen LogP contribution in [0, 0.1) is 0 Å². The maximum absolute atomic E-state index is 12.9. The highest BCUT2D eigenvalue weighted by molar-refractivity contribution is 8.00. The number of carbonyl (C=O) groups is 1. The second kappa shape index (κ2) is 7.70. The summed E-state index contributed by atoms with van der Waals surface area (Å²) in [6.45, 7) is 9.19. The number of rotatable bonds is 6. The number of carbonyl (C=O) groups excluding carboxylic acids is 1. The van der Waals surface area contributed by atoms with E-state index in [4.69, 9.17) is 0 Å². The van der Waals surface area contributed by atoms with Gasteiger partial charge in [0.1, 0.15) is 0 Å². The summed E-state index contributed by atoms with van der Waals surface area (Å²) >= 11 is 3.25. The lowest BCUT2D eigenvalue weighted by atomic mass is 10.3. The minimum Gasteiger partial charge on any atom is -0.332 e. The highest BCUT2D eigenvalue weighted by Crippen LogP contribution is 2.42. The number of hydrogen-bond donors (Lipinski definition) is 1. The summed E-state index contributed by atoms with van der Waals surface area (Å²) in [4.78, 5) is 17.6. The largest absolute Gasteiger partial charge is 0.332 e. The second-order valence-corrected chi connectivity index (χ2v) is 9.33. The molecule has 2 aliphatic rings. The van der Waals surface area contributed by atoms with Crippen LogP contribution in [0.15, 0.2) is 22.7 Å². The SMILES string of the molecule is CC[NH+]1CCN(C(=O)[C@H](C)Sc2nnc(-c3cccs3)n2C2CC2)CC1. The van der Waals surface area contributed by atoms with E-state index in [0.717, 1.165) is 48.6 Å². The fourth-order valence-electron chi connectivity index (χ4n) is 3.46. The summed E-state index contributed by atoms with van der Waals surface area (Å²) in [5.74, 6) is 1.18. The van der Waals surface area contributed by atoms with Gasteiger partial charge in [-0.05, 0) is 38.1 Å². The third-order valence-corrected chi connectivity index (χ3v) is 7.14. The van der Waals surface area contributed by atoms with Crippen molar-refractivity contribution in [2.75, 3.05) is 32.7 Å². The number of amides is 1. The number of hydrogen-bond acceptors (Lipinski definition) is 5. The lowest BCUT2D eigenvalue weighted by Gasteiger charge is -2.32. The Hall–Kier alpha value is -1.38. The molecule has 0 spiro atoms. The molecule has 4 rings (SSSR count). The van der Waals surface area contributed by atoms with Crippen molar-refractivity contribution in [1.29, 1.82) is 0 Å². The molecule has 2 aromatic rings. The quantitative estimate of drug-likeness (QED) is 0.758. The van der Waals surface area contributed by atoms with E-state index in [1.54, 1.807) is 28.0 Å². The van der Waals surface area contributed by atoms with Gasteiger partial charge < -0.3 is 9.80 Å². The minimum absolute atomic E-state index is 0.129. The first kappa shape index (κ1) is 18.0. The normalized spacial score (nSPS) is 19.7. The maximum atomic E-state index is 12.9. The fraction of sp³-hybridized carbons (Fsp3) is 0.611. The Labute approximate surface area is 162 Å². The van der Waals surface area contributed by atoms with Gasteiger partial charge in [-0.1, -0.05) is 17.8 Å². The molecule has 8 heteroatoms. The number of likely N-dealkylation sites (N-methyl/N-ethyl adjacent to an activating group) is 1. The zero-order chi connectivity index (χ0) is 18.1. The van der Waals surface area contributed by atoms with Crippen LogP contribution in [0.3, 0.4) is 0 Å². The van der Waals surface area contributed by atoms with Crippen molar-refractivity contribution < 1.29 is 9.69 Å². The van der Waals surface area contributed by atoms with Gasteiger partial charge in [-0.3, -0.25) is 9.36 Å². The first-order valence-electron chi connectivity index (χ1n) is 9.45. The zero-order valence-electron chi connectivity index (χ0n) is 15.4. The molecule has 1 aliphatic heterocycles. The van der Waals surface area contributed by atoms with Crippen LogP contribution < -0.4 is 4.90 Å². The van der Waals surface area contributed by atoms with E-state index >= 15 is 0 Å². The van der Waals surface area contributed by atoms with Crippen LogP contribution in [0.1, 0.15) is 32.7 Å².